The zero-order chi connectivity index (χ0) is 12.4. The second kappa shape index (κ2) is 4.60. The summed E-state index contributed by atoms with van der Waals surface area (Å²) >= 11 is 0. The number of nitrogens with one attached hydrogen (secondary N) is 1. The van der Waals surface area contributed by atoms with Gasteiger partial charge in [0.2, 0.25) is 0 Å². The Bertz CT molecular complexity index is 551. The van der Waals surface area contributed by atoms with Crippen LogP contribution in [0.5, 0.6) is 11.5 Å². The van der Waals surface area contributed by atoms with Crippen molar-refractivity contribution >= 4 is 5.69 Å². The second-order valence-corrected chi connectivity index (χ2v) is 4.20. The Hall–Kier alpha value is -2.17. The molecule has 0 saturated carbocycles. The van der Waals surface area contributed by atoms with E-state index in [1.165, 1.54) is 0 Å². The van der Waals surface area contributed by atoms with Crippen LogP contribution in [0, 0.1) is 0 Å². The molecule has 2 aromatic rings. The molecule has 0 aliphatic carbocycles. The Balaban J connectivity index is 1.76. The summed E-state index contributed by atoms with van der Waals surface area (Å²) in [5, 5.41) is 7.43. The molecule has 0 fully saturated rings. The van der Waals surface area contributed by atoms with Crippen LogP contribution in [-0.4, -0.2) is 23.0 Å². The van der Waals surface area contributed by atoms with E-state index in [0.717, 1.165) is 22.7 Å². The highest BCUT2D eigenvalue weighted by Crippen LogP contribution is 2.33. The number of aryl methyl sites for hydroxylation is 1. The molecule has 5 heteroatoms. The molecule has 3 rings (SSSR count). The van der Waals surface area contributed by atoms with Crippen molar-refractivity contribution in [2.75, 3.05) is 18.5 Å². The zero-order valence-electron chi connectivity index (χ0n) is 10.2. The lowest BCUT2D eigenvalue weighted by Crippen LogP contribution is -2.17. The van der Waals surface area contributed by atoms with Crippen molar-refractivity contribution in [3.05, 3.63) is 36.2 Å². The fourth-order valence-corrected chi connectivity index (χ4v) is 1.98. The van der Waals surface area contributed by atoms with E-state index in [1.54, 1.807) is 10.9 Å². The largest absolute Gasteiger partial charge is 0.486 e. The lowest BCUT2D eigenvalue weighted by atomic mass is 10.1. The Morgan fingerprint density at radius 2 is 2.22 bits per heavy atom. The average molecular weight is 245 g/mol. The minimum atomic E-state index is 0.608. The molecule has 0 radical (unpaired) electrons. The van der Waals surface area contributed by atoms with Crippen LogP contribution in [0.3, 0.4) is 0 Å². The summed E-state index contributed by atoms with van der Waals surface area (Å²) in [6, 6.07) is 5.95. The second-order valence-electron chi connectivity index (χ2n) is 4.20. The maximum Gasteiger partial charge on any atom is 0.166 e. The van der Waals surface area contributed by atoms with E-state index in [2.05, 4.69) is 10.4 Å². The van der Waals surface area contributed by atoms with Crippen molar-refractivity contribution in [2.24, 2.45) is 7.05 Å². The van der Waals surface area contributed by atoms with Gasteiger partial charge in [0, 0.05) is 25.4 Å². The molecule has 1 aromatic carbocycles. The first kappa shape index (κ1) is 11.0. The van der Waals surface area contributed by atoms with Crippen LogP contribution >= 0.6 is 0 Å². The number of nitrogens with zero attached hydrogens (tertiary/aromatic N) is 2. The smallest absolute Gasteiger partial charge is 0.166 e. The predicted molar refractivity (Wildman–Crippen MR) is 68.0 cm³/mol. The van der Waals surface area contributed by atoms with Crippen molar-refractivity contribution in [3.8, 4) is 11.5 Å². The Morgan fingerprint density at radius 3 is 3.06 bits per heavy atom. The summed E-state index contributed by atoms with van der Waals surface area (Å²) in [5.74, 6) is 1.67. The fourth-order valence-electron chi connectivity index (χ4n) is 1.98. The average Bonchev–Trinajstić information content (AvgIpc) is 2.82. The number of fused-ring (bicyclic) bond motifs is 1. The van der Waals surface area contributed by atoms with Crippen LogP contribution in [0.25, 0.3) is 0 Å². The predicted octanol–water partition coefficient (Wildman–Crippen LogP) is 1.80. The van der Waals surface area contributed by atoms with Gasteiger partial charge in [-0.05, 0) is 6.07 Å². The van der Waals surface area contributed by atoms with Crippen LogP contribution in [0.2, 0.25) is 0 Å². The maximum atomic E-state index is 5.66. The van der Waals surface area contributed by atoms with Crippen molar-refractivity contribution in [1.29, 1.82) is 0 Å². The van der Waals surface area contributed by atoms with E-state index in [9.17, 15) is 0 Å². The monoisotopic (exact) mass is 245 g/mol. The standard InChI is InChI=1S/C13H15N3O2/c1-16-9-11(8-15-16)14-7-10-3-2-4-12-13(10)18-6-5-17-12/h2-4,8-9,14H,5-7H2,1H3. The van der Waals surface area contributed by atoms with Crippen molar-refractivity contribution in [2.45, 2.75) is 6.54 Å². The van der Waals surface area contributed by atoms with Crippen molar-refractivity contribution in [1.82, 2.24) is 9.78 Å². The molecule has 1 aliphatic heterocycles. The molecular formula is C13H15N3O2. The molecule has 0 amide bonds. The molecular weight excluding hydrogens is 230 g/mol. The summed E-state index contributed by atoms with van der Waals surface area (Å²) in [6.07, 6.45) is 3.74. The minimum Gasteiger partial charge on any atom is -0.486 e. The van der Waals surface area contributed by atoms with Gasteiger partial charge in [-0.25, -0.2) is 0 Å². The third-order valence-electron chi connectivity index (χ3n) is 2.84. The summed E-state index contributed by atoms with van der Waals surface area (Å²) in [7, 11) is 1.90. The molecule has 0 unspecified atom stereocenters. The highest BCUT2D eigenvalue weighted by molar-refractivity contribution is 5.49. The van der Waals surface area contributed by atoms with E-state index in [4.69, 9.17) is 9.47 Å². The first-order valence-electron chi connectivity index (χ1n) is 5.93. The first-order chi connectivity index (χ1) is 8.83. The molecule has 0 saturated heterocycles. The van der Waals surface area contributed by atoms with Crippen molar-refractivity contribution in [3.63, 3.8) is 0 Å². The number of para-hydroxylation sites is 1. The highest BCUT2D eigenvalue weighted by atomic mass is 16.6. The van der Waals surface area contributed by atoms with Crippen LogP contribution in [0.1, 0.15) is 5.56 Å². The highest BCUT2D eigenvalue weighted by Gasteiger charge is 2.15. The van der Waals surface area contributed by atoms with Gasteiger partial charge in [-0.3, -0.25) is 4.68 Å². The molecule has 1 N–H and O–H groups in total. The first-order valence-corrected chi connectivity index (χ1v) is 5.93. The van der Waals surface area contributed by atoms with Gasteiger partial charge in [0.1, 0.15) is 13.2 Å². The van der Waals surface area contributed by atoms with Crippen LogP contribution < -0.4 is 14.8 Å². The van der Waals surface area contributed by atoms with E-state index in [0.29, 0.717) is 19.8 Å². The lowest BCUT2D eigenvalue weighted by Gasteiger charge is -2.21. The maximum absolute atomic E-state index is 5.66. The quantitative estimate of drug-likeness (QED) is 0.895. The van der Waals surface area contributed by atoms with Gasteiger partial charge in [-0.1, -0.05) is 12.1 Å². The number of benzene rings is 1. The normalized spacial score (nSPS) is 13.4. The van der Waals surface area contributed by atoms with Gasteiger partial charge in [0.15, 0.2) is 11.5 Å². The van der Waals surface area contributed by atoms with E-state index < -0.39 is 0 Å². The fraction of sp³-hybridized carbons (Fsp3) is 0.308. The lowest BCUT2D eigenvalue weighted by molar-refractivity contribution is 0.170. The van der Waals surface area contributed by atoms with E-state index >= 15 is 0 Å². The number of hydrogen-bond acceptors (Lipinski definition) is 4. The van der Waals surface area contributed by atoms with Crippen LogP contribution in [0.15, 0.2) is 30.6 Å². The molecule has 18 heavy (non-hydrogen) atoms. The molecule has 2 heterocycles. The number of anilines is 1. The number of rotatable bonds is 3. The Kier molecular flexibility index (Phi) is 2.80. The SMILES string of the molecule is Cn1cc(NCc2cccc3c2OCCO3)cn1. The van der Waals surface area contributed by atoms with Gasteiger partial charge in [-0.2, -0.15) is 5.10 Å². The van der Waals surface area contributed by atoms with Gasteiger partial charge >= 0.3 is 0 Å². The molecule has 0 atom stereocenters. The zero-order valence-corrected chi connectivity index (χ0v) is 10.2. The summed E-state index contributed by atoms with van der Waals surface area (Å²) in [6.45, 7) is 1.92. The molecule has 0 spiro atoms. The number of aromatic nitrogens is 2. The number of ether oxygens (including phenoxy) is 2. The molecule has 1 aliphatic rings. The molecule has 1 aromatic heterocycles. The van der Waals surface area contributed by atoms with Gasteiger partial charge < -0.3 is 14.8 Å². The minimum absolute atomic E-state index is 0.608. The van der Waals surface area contributed by atoms with Gasteiger partial charge in [-0.15, -0.1) is 0 Å². The molecule has 94 valence electrons. The molecule has 0 bridgehead atoms. The van der Waals surface area contributed by atoms with Gasteiger partial charge in [0.25, 0.3) is 0 Å². The van der Waals surface area contributed by atoms with Crippen LogP contribution in [0.4, 0.5) is 5.69 Å². The Labute approximate surface area is 105 Å². The van der Waals surface area contributed by atoms with E-state index in [-0.39, 0.29) is 0 Å². The number of hydrogen-bond donors (Lipinski definition) is 1. The third kappa shape index (κ3) is 2.11. The third-order valence-corrected chi connectivity index (χ3v) is 2.84. The topological polar surface area (TPSA) is 48.3 Å². The summed E-state index contributed by atoms with van der Waals surface area (Å²) in [4.78, 5) is 0. The van der Waals surface area contributed by atoms with Crippen molar-refractivity contribution < 1.29 is 9.47 Å². The Morgan fingerprint density at radius 1 is 1.33 bits per heavy atom. The summed E-state index contributed by atoms with van der Waals surface area (Å²) < 4.78 is 13.0. The summed E-state index contributed by atoms with van der Waals surface area (Å²) in [5.41, 5.74) is 2.09. The van der Waals surface area contributed by atoms with E-state index in [1.807, 2.05) is 31.4 Å². The van der Waals surface area contributed by atoms with Gasteiger partial charge in [0.05, 0.1) is 11.9 Å². The molecule has 5 nitrogen and oxygen atoms in total. The van der Waals surface area contributed by atoms with Crippen LogP contribution in [-0.2, 0) is 13.6 Å².